The average Bonchev–Trinajstić information content (AvgIpc) is 2.96. The van der Waals surface area contributed by atoms with E-state index in [4.69, 9.17) is 4.74 Å². The monoisotopic (exact) mass is 294 g/mol. The summed E-state index contributed by atoms with van der Waals surface area (Å²) < 4.78 is 5.35. The predicted molar refractivity (Wildman–Crippen MR) is 87.3 cm³/mol. The Morgan fingerprint density at radius 2 is 1.91 bits per heavy atom. The number of nitrogens with zero attached hydrogens (tertiary/aromatic N) is 1. The Morgan fingerprint density at radius 1 is 1.14 bits per heavy atom. The van der Waals surface area contributed by atoms with Crippen LogP contribution in [0, 0.1) is 6.92 Å². The van der Waals surface area contributed by atoms with Gasteiger partial charge < -0.3 is 14.6 Å². The molecule has 0 spiro atoms. The first-order valence-electron chi connectivity index (χ1n) is 7.63. The summed E-state index contributed by atoms with van der Waals surface area (Å²) >= 11 is 0. The van der Waals surface area contributed by atoms with Gasteiger partial charge in [0.25, 0.3) is 5.91 Å². The predicted octanol–water partition coefficient (Wildman–Crippen LogP) is 3.10. The number of para-hydroxylation sites is 1. The van der Waals surface area contributed by atoms with E-state index >= 15 is 0 Å². The minimum Gasteiger partial charge on any atom is -0.378 e. The Hall–Kier alpha value is -2.33. The number of fused-ring (bicyclic) bond motifs is 3. The molecule has 0 saturated carbocycles. The van der Waals surface area contributed by atoms with Gasteiger partial charge in [-0.05, 0) is 24.6 Å². The van der Waals surface area contributed by atoms with Crippen molar-refractivity contribution in [3.63, 3.8) is 0 Å². The number of benzene rings is 2. The van der Waals surface area contributed by atoms with Crippen LogP contribution >= 0.6 is 0 Å². The maximum Gasteiger partial charge on any atom is 0.254 e. The Labute approximate surface area is 128 Å². The van der Waals surface area contributed by atoms with Gasteiger partial charge in [0, 0.05) is 34.9 Å². The summed E-state index contributed by atoms with van der Waals surface area (Å²) in [5, 5.41) is 2.14. The maximum atomic E-state index is 12.9. The van der Waals surface area contributed by atoms with Crippen molar-refractivity contribution in [3.8, 4) is 0 Å². The highest BCUT2D eigenvalue weighted by molar-refractivity contribution is 6.18. The maximum absolute atomic E-state index is 12.9. The molecule has 22 heavy (non-hydrogen) atoms. The quantitative estimate of drug-likeness (QED) is 0.749. The fourth-order valence-electron chi connectivity index (χ4n) is 3.21. The molecule has 4 nitrogen and oxygen atoms in total. The van der Waals surface area contributed by atoms with Crippen LogP contribution in [0.15, 0.2) is 36.4 Å². The molecule has 0 radical (unpaired) electrons. The molecule has 112 valence electrons. The van der Waals surface area contributed by atoms with Gasteiger partial charge in [-0.1, -0.05) is 24.3 Å². The van der Waals surface area contributed by atoms with E-state index < -0.39 is 0 Å². The van der Waals surface area contributed by atoms with Crippen molar-refractivity contribution in [2.24, 2.45) is 0 Å². The first-order chi connectivity index (χ1) is 10.8. The van der Waals surface area contributed by atoms with Crippen molar-refractivity contribution in [1.82, 2.24) is 9.88 Å². The second-order valence-electron chi connectivity index (χ2n) is 5.76. The number of aromatic nitrogens is 1. The number of ether oxygens (including phenoxy) is 1. The van der Waals surface area contributed by atoms with Crippen molar-refractivity contribution >= 4 is 27.7 Å². The number of aryl methyl sites for hydroxylation is 1. The molecule has 4 rings (SSSR count). The SMILES string of the molecule is Cc1ccc(C(=O)N2CCOCC2)c2c1[nH]c1ccccc12. The van der Waals surface area contributed by atoms with Crippen molar-refractivity contribution in [3.05, 3.63) is 47.5 Å². The van der Waals surface area contributed by atoms with E-state index in [1.54, 1.807) is 0 Å². The first kappa shape index (κ1) is 13.3. The van der Waals surface area contributed by atoms with Crippen molar-refractivity contribution in [1.29, 1.82) is 0 Å². The van der Waals surface area contributed by atoms with E-state index in [-0.39, 0.29) is 5.91 Å². The summed E-state index contributed by atoms with van der Waals surface area (Å²) in [6.07, 6.45) is 0. The molecule has 2 heterocycles. The van der Waals surface area contributed by atoms with E-state index in [9.17, 15) is 4.79 Å². The molecule has 1 fully saturated rings. The third kappa shape index (κ3) is 1.99. The van der Waals surface area contributed by atoms with Gasteiger partial charge in [-0.25, -0.2) is 0 Å². The van der Waals surface area contributed by atoms with Gasteiger partial charge in [0.05, 0.1) is 18.7 Å². The van der Waals surface area contributed by atoms with Gasteiger partial charge in [0.1, 0.15) is 0 Å². The molecule has 1 amide bonds. The number of carbonyl (C=O) groups excluding carboxylic acids is 1. The number of aromatic amines is 1. The molecular weight excluding hydrogens is 276 g/mol. The lowest BCUT2D eigenvalue weighted by atomic mass is 10.0. The fraction of sp³-hybridized carbons (Fsp3) is 0.278. The number of carbonyl (C=O) groups is 1. The molecule has 4 heteroatoms. The molecule has 0 bridgehead atoms. The Balaban J connectivity index is 1.93. The van der Waals surface area contributed by atoms with Crippen LogP contribution in [-0.4, -0.2) is 42.1 Å². The molecular formula is C18H18N2O2. The number of rotatable bonds is 1. The summed E-state index contributed by atoms with van der Waals surface area (Å²) in [6, 6.07) is 12.1. The van der Waals surface area contributed by atoms with Crippen molar-refractivity contribution < 1.29 is 9.53 Å². The summed E-state index contributed by atoms with van der Waals surface area (Å²) in [4.78, 5) is 18.3. The van der Waals surface area contributed by atoms with Crippen LogP contribution in [0.1, 0.15) is 15.9 Å². The highest BCUT2D eigenvalue weighted by Gasteiger charge is 2.22. The van der Waals surface area contributed by atoms with Crippen LogP contribution in [0.25, 0.3) is 21.8 Å². The molecule has 1 aromatic heterocycles. The highest BCUT2D eigenvalue weighted by atomic mass is 16.5. The van der Waals surface area contributed by atoms with Gasteiger partial charge in [0.2, 0.25) is 0 Å². The number of amides is 1. The standard InChI is InChI=1S/C18H18N2O2/c1-12-6-7-14(18(21)20-8-10-22-11-9-20)16-13-4-2-3-5-15(13)19-17(12)16/h2-7,19H,8-11H2,1H3. The smallest absolute Gasteiger partial charge is 0.254 e. The normalized spacial score (nSPS) is 15.6. The van der Waals surface area contributed by atoms with E-state index in [0.29, 0.717) is 26.3 Å². The van der Waals surface area contributed by atoms with Crippen LogP contribution < -0.4 is 0 Å². The van der Waals surface area contributed by atoms with E-state index in [2.05, 4.69) is 24.0 Å². The van der Waals surface area contributed by atoms with Crippen molar-refractivity contribution in [2.45, 2.75) is 6.92 Å². The van der Waals surface area contributed by atoms with Gasteiger partial charge in [0.15, 0.2) is 0 Å². The van der Waals surface area contributed by atoms with Crippen LogP contribution in [0.3, 0.4) is 0 Å². The second-order valence-corrected chi connectivity index (χ2v) is 5.76. The summed E-state index contributed by atoms with van der Waals surface area (Å²) in [5.41, 5.74) is 4.06. The van der Waals surface area contributed by atoms with Crippen molar-refractivity contribution in [2.75, 3.05) is 26.3 Å². The molecule has 1 aliphatic heterocycles. The lowest BCUT2D eigenvalue weighted by Gasteiger charge is -2.27. The van der Waals surface area contributed by atoms with E-state index in [0.717, 1.165) is 32.9 Å². The number of hydrogen-bond donors (Lipinski definition) is 1. The lowest BCUT2D eigenvalue weighted by Crippen LogP contribution is -2.40. The lowest BCUT2D eigenvalue weighted by molar-refractivity contribution is 0.0304. The summed E-state index contributed by atoms with van der Waals surface area (Å²) in [7, 11) is 0. The third-order valence-electron chi connectivity index (χ3n) is 4.40. The van der Waals surface area contributed by atoms with Crippen LogP contribution in [0.5, 0.6) is 0 Å². The zero-order valence-corrected chi connectivity index (χ0v) is 12.6. The number of hydrogen-bond acceptors (Lipinski definition) is 2. The van der Waals surface area contributed by atoms with Crippen LogP contribution in [-0.2, 0) is 4.74 Å². The van der Waals surface area contributed by atoms with E-state index in [1.807, 2.05) is 29.2 Å². The van der Waals surface area contributed by atoms with Crippen LogP contribution in [0.4, 0.5) is 0 Å². The third-order valence-corrected chi connectivity index (χ3v) is 4.40. The average molecular weight is 294 g/mol. The van der Waals surface area contributed by atoms with Gasteiger partial charge in [-0.15, -0.1) is 0 Å². The largest absolute Gasteiger partial charge is 0.378 e. The van der Waals surface area contributed by atoms with Gasteiger partial charge >= 0.3 is 0 Å². The number of morpholine rings is 1. The molecule has 1 aliphatic rings. The van der Waals surface area contributed by atoms with Gasteiger partial charge in [-0.3, -0.25) is 4.79 Å². The molecule has 0 unspecified atom stereocenters. The molecule has 3 aromatic rings. The van der Waals surface area contributed by atoms with Gasteiger partial charge in [-0.2, -0.15) is 0 Å². The first-order valence-corrected chi connectivity index (χ1v) is 7.63. The number of H-pyrrole nitrogens is 1. The second kappa shape index (κ2) is 5.14. The zero-order chi connectivity index (χ0) is 15.1. The molecule has 1 saturated heterocycles. The van der Waals surface area contributed by atoms with E-state index in [1.165, 1.54) is 0 Å². The highest BCUT2D eigenvalue weighted by Crippen LogP contribution is 2.31. The minimum atomic E-state index is 0.0954. The molecule has 2 aromatic carbocycles. The zero-order valence-electron chi connectivity index (χ0n) is 12.6. The molecule has 0 atom stereocenters. The summed E-state index contributed by atoms with van der Waals surface area (Å²) in [6.45, 7) is 4.64. The molecule has 0 aliphatic carbocycles. The Kier molecular flexibility index (Phi) is 3.12. The van der Waals surface area contributed by atoms with Crippen LogP contribution in [0.2, 0.25) is 0 Å². The Bertz CT molecular complexity index is 860. The number of nitrogens with one attached hydrogen (secondary N) is 1. The minimum absolute atomic E-state index is 0.0954. The fourth-order valence-corrected chi connectivity index (χ4v) is 3.21. The Morgan fingerprint density at radius 3 is 2.73 bits per heavy atom. The summed E-state index contributed by atoms with van der Waals surface area (Å²) in [5.74, 6) is 0.0954. The molecule has 1 N–H and O–H groups in total. The topological polar surface area (TPSA) is 45.3 Å².